The van der Waals surface area contributed by atoms with Crippen LogP contribution in [0.15, 0.2) is 0 Å². The van der Waals surface area contributed by atoms with E-state index in [9.17, 15) is 9.18 Å². The van der Waals surface area contributed by atoms with Crippen LogP contribution in [0.2, 0.25) is 0 Å². The third-order valence-electron chi connectivity index (χ3n) is 3.17. The van der Waals surface area contributed by atoms with Gasteiger partial charge < -0.3 is 9.64 Å². The van der Waals surface area contributed by atoms with Crippen LogP contribution in [0.4, 0.5) is 9.18 Å². The predicted molar refractivity (Wildman–Crippen MR) is 58.9 cm³/mol. The molecule has 1 saturated carbocycles. The minimum Gasteiger partial charge on any atom is -0.444 e. The van der Waals surface area contributed by atoms with E-state index in [1.807, 2.05) is 0 Å². The highest BCUT2D eigenvalue weighted by molar-refractivity contribution is 5.69. The number of nitrogens with zero attached hydrogens (tertiary/aromatic N) is 2. The van der Waals surface area contributed by atoms with Crippen LogP contribution >= 0.6 is 0 Å². The first kappa shape index (κ1) is 12.2. The number of fused-ring (bicyclic) bond motifs is 2. The Morgan fingerprint density at radius 3 is 2.47 bits per heavy atom. The molecular weight excluding hydrogens is 223 g/mol. The predicted octanol–water partition coefficient (Wildman–Crippen LogP) is 2.25. The maximum Gasteiger partial charge on any atom is 0.410 e. The topological polar surface area (TPSA) is 53.3 Å². The van der Waals surface area contributed by atoms with E-state index >= 15 is 0 Å². The van der Waals surface area contributed by atoms with E-state index in [2.05, 4.69) is 6.07 Å². The summed E-state index contributed by atoms with van der Waals surface area (Å²) in [6, 6.07) is 2.13. The number of hydrogen-bond donors (Lipinski definition) is 0. The fourth-order valence-corrected chi connectivity index (χ4v) is 2.72. The SMILES string of the molecule is CC(C)(C)OC(=O)N1CC2(F)CC(C#N)(C1)C2. The second-order valence-corrected chi connectivity index (χ2v) is 6.23. The molecule has 0 atom stereocenters. The summed E-state index contributed by atoms with van der Waals surface area (Å²) >= 11 is 0. The lowest BCUT2D eigenvalue weighted by Crippen LogP contribution is -2.66. The smallest absolute Gasteiger partial charge is 0.410 e. The third kappa shape index (κ3) is 2.21. The first-order valence-electron chi connectivity index (χ1n) is 5.75. The lowest BCUT2D eigenvalue weighted by molar-refractivity contribution is -0.118. The Morgan fingerprint density at radius 1 is 1.41 bits per heavy atom. The van der Waals surface area contributed by atoms with Gasteiger partial charge in [-0.2, -0.15) is 5.26 Å². The molecule has 1 amide bonds. The molecule has 3 fully saturated rings. The Kier molecular flexibility index (Phi) is 2.39. The minimum atomic E-state index is -1.38. The van der Waals surface area contributed by atoms with Crippen molar-refractivity contribution >= 4 is 6.09 Å². The number of alkyl halides is 1. The summed E-state index contributed by atoms with van der Waals surface area (Å²) in [6.07, 6.45) is -0.0375. The molecule has 2 heterocycles. The summed E-state index contributed by atoms with van der Waals surface area (Å²) in [6.45, 7) is 5.62. The van der Waals surface area contributed by atoms with Gasteiger partial charge in [-0.1, -0.05) is 0 Å². The van der Waals surface area contributed by atoms with E-state index in [1.54, 1.807) is 20.8 Å². The summed E-state index contributed by atoms with van der Waals surface area (Å²) in [5, 5.41) is 9.04. The zero-order valence-corrected chi connectivity index (χ0v) is 10.4. The van der Waals surface area contributed by atoms with Crippen LogP contribution in [0, 0.1) is 16.7 Å². The summed E-state index contributed by atoms with van der Waals surface area (Å²) in [7, 11) is 0. The average molecular weight is 240 g/mol. The second kappa shape index (κ2) is 3.34. The van der Waals surface area contributed by atoms with Crippen molar-refractivity contribution in [2.75, 3.05) is 13.1 Å². The Bertz CT molecular complexity index is 388. The number of ether oxygens (including phenoxy) is 1. The molecule has 94 valence electrons. The molecule has 0 aromatic carbocycles. The number of rotatable bonds is 0. The van der Waals surface area contributed by atoms with Crippen molar-refractivity contribution in [3.05, 3.63) is 0 Å². The minimum absolute atomic E-state index is 0.0470. The fraction of sp³-hybridized carbons (Fsp3) is 0.833. The molecule has 1 aliphatic carbocycles. The second-order valence-electron chi connectivity index (χ2n) is 6.23. The van der Waals surface area contributed by atoms with Crippen LogP contribution in [0.1, 0.15) is 33.6 Å². The van der Waals surface area contributed by atoms with Crippen LogP contribution in [0.3, 0.4) is 0 Å². The summed E-state index contributed by atoms with van der Waals surface area (Å²) in [5.74, 6) is 0. The van der Waals surface area contributed by atoms with Gasteiger partial charge in [0.2, 0.25) is 0 Å². The first-order valence-corrected chi connectivity index (χ1v) is 5.75. The van der Waals surface area contributed by atoms with Gasteiger partial charge in [0.25, 0.3) is 0 Å². The van der Waals surface area contributed by atoms with E-state index in [1.165, 1.54) is 4.90 Å². The van der Waals surface area contributed by atoms with Crippen molar-refractivity contribution in [3.8, 4) is 6.07 Å². The van der Waals surface area contributed by atoms with Gasteiger partial charge in [-0.3, -0.25) is 0 Å². The van der Waals surface area contributed by atoms with Crippen molar-refractivity contribution in [2.24, 2.45) is 5.41 Å². The van der Waals surface area contributed by atoms with Crippen molar-refractivity contribution in [2.45, 2.75) is 44.9 Å². The Hall–Kier alpha value is -1.31. The first-order chi connectivity index (χ1) is 7.67. The van der Waals surface area contributed by atoms with Gasteiger partial charge >= 0.3 is 6.09 Å². The van der Waals surface area contributed by atoms with Gasteiger partial charge in [-0.25, -0.2) is 9.18 Å². The molecule has 5 heteroatoms. The highest BCUT2D eigenvalue weighted by atomic mass is 19.1. The largest absolute Gasteiger partial charge is 0.444 e. The molecule has 3 aliphatic rings. The van der Waals surface area contributed by atoms with Crippen molar-refractivity contribution in [3.63, 3.8) is 0 Å². The molecule has 2 saturated heterocycles. The van der Waals surface area contributed by atoms with Gasteiger partial charge in [0.1, 0.15) is 11.3 Å². The summed E-state index contributed by atoms with van der Waals surface area (Å²) < 4.78 is 19.2. The number of halogens is 1. The highest BCUT2D eigenvalue weighted by Gasteiger charge is 2.62. The zero-order valence-electron chi connectivity index (χ0n) is 10.4. The van der Waals surface area contributed by atoms with E-state index in [0.717, 1.165) is 0 Å². The summed E-state index contributed by atoms with van der Waals surface area (Å²) in [5.41, 5.74) is -2.67. The normalized spacial score (nSPS) is 35.8. The third-order valence-corrected chi connectivity index (χ3v) is 3.17. The highest BCUT2D eigenvalue weighted by Crippen LogP contribution is 2.55. The van der Waals surface area contributed by atoms with Crippen molar-refractivity contribution in [1.82, 2.24) is 4.90 Å². The van der Waals surface area contributed by atoms with Gasteiger partial charge in [0.15, 0.2) is 0 Å². The van der Waals surface area contributed by atoms with Crippen LogP contribution in [0.5, 0.6) is 0 Å². The number of nitriles is 1. The quantitative estimate of drug-likeness (QED) is 0.652. The molecule has 17 heavy (non-hydrogen) atoms. The van der Waals surface area contributed by atoms with E-state index in [4.69, 9.17) is 10.00 Å². The molecule has 2 bridgehead atoms. The van der Waals surface area contributed by atoms with Gasteiger partial charge in [0, 0.05) is 19.4 Å². The lowest BCUT2D eigenvalue weighted by Gasteiger charge is -2.55. The molecule has 0 N–H and O–H groups in total. The van der Waals surface area contributed by atoms with Gasteiger partial charge in [-0.05, 0) is 20.8 Å². The van der Waals surface area contributed by atoms with Gasteiger partial charge in [0.05, 0.1) is 18.0 Å². The molecule has 4 nitrogen and oxygen atoms in total. The van der Waals surface area contributed by atoms with Crippen molar-refractivity contribution in [1.29, 1.82) is 5.26 Å². The molecule has 0 spiro atoms. The summed E-state index contributed by atoms with van der Waals surface area (Å²) in [4.78, 5) is 13.1. The number of amides is 1. The monoisotopic (exact) mass is 240 g/mol. The molecule has 0 aromatic rings. The van der Waals surface area contributed by atoms with Crippen LogP contribution in [-0.4, -0.2) is 35.4 Å². The van der Waals surface area contributed by atoms with Crippen LogP contribution < -0.4 is 0 Å². The number of carbonyl (C=O) groups is 1. The Morgan fingerprint density at radius 2 is 2.00 bits per heavy atom. The molecular formula is C12H17FN2O2. The van der Waals surface area contributed by atoms with Crippen LogP contribution in [0.25, 0.3) is 0 Å². The Labute approximate surface area is 100 Å². The zero-order chi connectivity index (χ0) is 12.9. The van der Waals surface area contributed by atoms with Crippen molar-refractivity contribution < 1.29 is 13.9 Å². The van der Waals surface area contributed by atoms with Gasteiger partial charge in [-0.15, -0.1) is 0 Å². The fourth-order valence-electron chi connectivity index (χ4n) is 2.72. The standard InChI is InChI=1S/C12H17FN2O2/c1-10(2,3)17-9(16)15-7-11(6-14)4-12(13,5-11)8-15/h4-5,7-8H2,1-3H3. The molecule has 0 radical (unpaired) electrons. The maximum absolute atomic E-state index is 14.0. The lowest BCUT2D eigenvalue weighted by atomic mass is 9.58. The average Bonchev–Trinajstić information content (AvgIpc) is 2.12. The maximum atomic E-state index is 14.0. The number of hydrogen-bond acceptors (Lipinski definition) is 3. The number of carbonyl (C=O) groups excluding carboxylic acids is 1. The number of piperidine rings is 2. The molecule has 2 aliphatic heterocycles. The van der Waals surface area contributed by atoms with E-state index in [-0.39, 0.29) is 25.9 Å². The Balaban J connectivity index is 2.05. The van der Waals surface area contributed by atoms with E-state index in [0.29, 0.717) is 0 Å². The molecule has 3 rings (SSSR count). The van der Waals surface area contributed by atoms with E-state index < -0.39 is 22.8 Å². The molecule has 0 unspecified atom stereocenters. The molecule has 0 aromatic heterocycles. The van der Waals surface area contributed by atoms with Crippen LogP contribution in [-0.2, 0) is 4.74 Å².